The summed E-state index contributed by atoms with van der Waals surface area (Å²) in [7, 11) is -3.54. The summed E-state index contributed by atoms with van der Waals surface area (Å²) in [5.74, 6) is 0.428. The van der Waals surface area contributed by atoms with Crippen molar-refractivity contribution in [1.29, 1.82) is 0 Å². The molecule has 0 aliphatic carbocycles. The summed E-state index contributed by atoms with van der Waals surface area (Å²) in [4.78, 5) is 12.3. The number of rotatable bonds is 8. The third-order valence-corrected chi connectivity index (χ3v) is 6.93. The Bertz CT molecular complexity index is 797. The molecule has 170 valence electrons. The van der Waals surface area contributed by atoms with Gasteiger partial charge in [-0.05, 0) is 76.7 Å². The van der Waals surface area contributed by atoms with Gasteiger partial charge in [0.25, 0.3) is 0 Å². The van der Waals surface area contributed by atoms with Gasteiger partial charge in [0.05, 0.1) is 4.90 Å². The number of nitrogens with one attached hydrogen (secondary N) is 2. The largest absolute Gasteiger partial charge is 0.444 e. The molecule has 2 N–H and O–H groups in total. The highest BCUT2D eigenvalue weighted by molar-refractivity contribution is 7.89. The lowest BCUT2D eigenvalue weighted by atomic mass is 10.0. The summed E-state index contributed by atoms with van der Waals surface area (Å²) in [6.07, 6.45) is 1.51. The van der Waals surface area contributed by atoms with Crippen LogP contribution in [0, 0.1) is 5.92 Å². The van der Waals surface area contributed by atoms with Crippen LogP contribution in [0.2, 0.25) is 0 Å². The minimum absolute atomic E-state index is 0.0791. The lowest BCUT2D eigenvalue weighted by Crippen LogP contribution is -2.47. The zero-order valence-corrected chi connectivity index (χ0v) is 19.7. The SMILES string of the molecule is CCNCC(C)Cc1cccc(S(=O)(=O)N2CCC(NC(=O)OC(C)(C)C)CC2)c1. The molecule has 1 unspecified atom stereocenters. The van der Waals surface area contributed by atoms with Crippen molar-refractivity contribution in [3.8, 4) is 0 Å². The van der Waals surface area contributed by atoms with Crippen LogP contribution in [0.5, 0.6) is 0 Å². The number of nitrogens with zero attached hydrogens (tertiary/aromatic N) is 1. The first-order valence-electron chi connectivity index (χ1n) is 10.8. The molecule has 1 fully saturated rings. The van der Waals surface area contributed by atoms with Crippen LogP contribution < -0.4 is 10.6 Å². The standard InChI is InChI=1S/C22H37N3O4S/c1-6-23-16-17(2)14-18-8-7-9-20(15-18)30(27,28)25-12-10-19(11-13-25)24-21(26)29-22(3,4)5/h7-9,15,17,19,23H,6,10-14,16H2,1-5H3,(H,24,26). The number of sulfonamides is 1. The van der Waals surface area contributed by atoms with E-state index >= 15 is 0 Å². The predicted octanol–water partition coefficient (Wildman–Crippen LogP) is 3.15. The molecule has 1 aromatic rings. The van der Waals surface area contributed by atoms with Gasteiger partial charge in [-0.2, -0.15) is 4.31 Å². The van der Waals surface area contributed by atoms with Crippen LogP contribution >= 0.6 is 0 Å². The summed E-state index contributed by atoms with van der Waals surface area (Å²) in [5, 5.41) is 6.18. The van der Waals surface area contributed by atoms with Crippen LogP contribution in [0.25, 0.3) is 0 Å². The van der Waals surface area contributed by atoms with Gasteiger partial charge in [0, 0.05) is 19.1 Å². The molecule has 0 aromatic heterocycles. The summed E-state index contributed by atoms with van der Waals surface area (Å²) in [6, 6.07) is 7.18. The average Bonchev–Trinajstić information content (AvgIpc) is 2.65. The molecule has 7 nitrogen and oxygen atoms in total. The number of hydrogen-bond acceptors (Lipinski definition) is 5. The highest BCUT2D eigenvalue weighted by atomic mass is 32.2. The van der Waals surface area contributed by atoms with Crippen LogP contribution in [0.15, 0.2) is 29.2 Å². The zero-order valence-electron chi connectivity index (χ0n) is 18.9. The molecule has 1 aliphatic rings. The van der Waals surface area contributed by atoms with E-state index < -0.39 is 21.7 Å². The average molecular weight is 440 g/mol. The normalized spacial score (nSPS) is 17.5. The summed E-state index contributed by atoms with van der Waals surface area (Å²) < 4.78 is 33.0. The van der Waals surface area contributed by atoms with Gasteiger partial charge in [-0.1, -0.05) is 26.0 Å². The van der Waals surface area contributed by atoms with Gasteiger partial charge in [0.15, 0.2) is 0 Å². The molecule has 1 atom stereocenters. The third kappa shape index (κ3) is 7.56. The molecule has 1 saturated heterocycles. The summed E-state index contributed by atoms with van der Waals surface area (Å²) >= 11 is 0. The zero-order chi connectivity index (χ0) is 22.4. The van der Waals surface area contributed by atoms with Crippen molar-refractivity contribution >= 4 is 16.1 Å². The van der Waals surface area contributed by atoms with E-state index in [0.717, 1.165) is 25.1 Å². The second-order valence-corrected chi connectivity index (χ2v) is 11.0. The van der Waals surface area contributed by atoms with E-state index in [1.165, 1.54) is 4.31 Å². The molecule has 1 aromatic carbocycles. The Labute approximate surface area is 181 Å². The number of hydrogen-bond donors (Lipinski definition) is 2. The Balaban J connectivity index is 1.95. The van der Waals surface area contributed by atoms with E-state index in [2.05, 4.69) is 24.5 Å². The molecular weight excluding hydrogens is 402 g/mol. The van der Waals surface area contributed by atoms with Gasteiger partial charge in [-0.25, -0.2) is 13.2 Å². The molecule has 2 rings (SSSR count). The van der Waals surface area contributed by atoms with Gasteiger partial charge in [0.2, 0.25) is 10.0 Å². The summed E-state index contributed by atoms with van der Waals surface area (Å²) in [5.41, 5.74) is 0.478. The minimum Gasteiger partial charge on any atom is -0.444 e. The molecule has 1 heterocycles. The van der Waals surface area contributed by atoms with Crippen LogP contribution in [-0.2, 0) is 21.2 Å². The van der Waals surface area contributed by atoms with Crippen LogP contribution in [0.1, 0.15) is 53.0 Å². The van der Waals surface area contributed by atoms with E-state index in [-0.39, 0.29) is 6.04 Å². The number of carbonyl (C=O) groups excluding carboxylic acids is 1. The second kappa shape index (κ2) is 10.6. The Morgan fingerprint density at radius 3 is 2.53 bits per heavy atom. The van der Waals surface area contributed by atoms with Gasteiger partial charge < -0.3 is 15.4 Å². The second-order valence-electron chi connectivity index (χ2n) is 9.09. The van der Waals surface area contributed by atoms with Crippen LogP contribution in [0.3, 0.4) is 0 Å². The minimum atomic E-state index is -3.54. The fourth-order valence-electron chi connectivity index (χ4n) is 3.56. The third-order valence-electron chi connectivity index (χ3n) is 5.04. The van der Waals surface area contributed by atoms with Crippen molar-refractivity contribution in [1.82, 2.24) is 14.9 Å². The Morgan fingerprint density at radius 1 is 1.27 bits per heavy atom. The maximum Gasteiger partial charge on any atom is 0.407 e. The quantitative estimate of drug-likeness (QED) is 0.650. The number of piperidine rings is 1. The Kier molecular flexibility index (Phi) is 8.70. The first-order valence-corrected chi connectivity index (χ1v) is 12.2. The lowest BCUT2D eigenvalue weighted by Gasteiger charge is -2.32. The van der Waals surface area contributed by atoms with Crippen molar-refractivity contribution in [3.05, 3.63) is 29.8 Å². The highest BCUT2D eigenvalue weighted by Crippen LogP contribution is 2.23. The number of carbonyl (C=O) groups is 1. The smallest absolute Gasteiger partial charge is 0.407 e. The number of ether oxygens (including phenoxy) is 1. The fourth-order valence-corrected chi connectivity index (χ4v) is 5.10. The van der Waals surface area contributed by atoms with Gasteiger partial charge in [-0.15, -0.1) is 0 Å². The van der Waals surface area contributed by atoms with Crippen molar-refractivity contribution in [2.24, 2.45) is 5.92 Å². The number of alkyl carbamates (subject to hydrolysis) is 1. The first kappa shape index (κ1) is 24.6. The Morgan fingerprint density at radius 2 is 1.93 bits per heavy atom. The van der Waals surface area contributed by atoms with E-state index in [0.29, 0.717) is 36.7 Å². The van der Waals surface area contributed by atoms with Gasteiger partial charge in [0.1, 0.15) is 5.60 Å². The van der Waals surface area contributed by atoms with Crippen molar-refractivity contribution in [2.75, 3.05) is 26.2 Å². The maximum absolute atomic E-state index is 13.1. The Hall–Kier alpha value is -1.64. The van der Waals surface area contributed by atoms with E-state index in [1.807, 2.05) is 32.9 Å². The molecule has 1 amide bonds. The number of amides is 1. The lowest BCUT2D eigenvalue weighted by molar-refractivity contribution is 0.0489. The van der Waals surface area contributed by atoms with Gasteiger partial charge >= 0.3 is 6.09 Å². The predicted molar refractivity (Wildman–Crippen MR) is 119 cm³/mol. The van der Waals surface area contributed by atoms with E-state index in [1.54, 1.807) is 12.1 Å². The van der Waals surface area contributed by atoms with E-state index in [4.69, 9.17) is 4.74 Å². The van der Waals surface area contributed by atoms with E-state index in [9.17, 15) is 13.2 Å². The first-order chi connectivity index (χ1) is 14.0. The van der Waals surface area contributed by atoms with Crippen LogP contribution in [-0.4, -0.2) is 56.6 Å². The fraction of sp³-hybridized carbons (Fsp3) is 0.682. The molecule has 0 spiro atoms. The van der Waals surface area contributed by atoms with Crippen molar-refractivity contribution in [2.45, 2.75) is 70.4 Å². The summed E-state index contributed by atoms with van der Waals surface area (Å²) in [6.45, 7) is 12.3. The maximum atomic E-state index is 13.1. The molecule has 30 heavy (non-hydrogen) atoms. The van der Waals surface area contributed by atoms with Crippen molar-refractivity contribution < 1.29 is 17.9 Å². The molecule has 8 heteroatoms. The van der Waals surface area contributed by atoms with Gasteiger partial charge in [-0.3, -0.25) is 0 Å². The van der Waals surface area contributed by atoms with Crippen LogP contribution in [0.4, 0.5) is 4.79 Å². The molecular formula is C22H37N3O4S. The highest BCUT2D eigenvalue weighted by Gasteiger charge is 2.30. The number of benzene rings is 1. The van der Waals surface area contributed by atoms with Crippen molar-refractivity contribution in [3.63, 3.8) is 0 Å². The molecule has 0 radical (unpaired) electrons. The molecule has 0 bridgehead atoms. The monoisotopic (exact) mass is 439 g/mol. The topological polar surface area (TPSA) is 87.7 Å². The molecule has 0 saturated carbocycles. The molecule has 1 aliphatic heterocycles.